The highest BCUT2D eigenvalue weighted by atomic mass is 19.4. The predicted molar refractivity (Wildman–Crippen MR) is 62.0 cm³/mol. The van der Waals surface area contributed by atoms with Crippen LogP contribution in [0.4, 0.5) is 17.6 Å². The Balaban J connectivity index is -0.000000122. The fourth-order valence-corrected chi connectivity index (χ4v) is 0.300. The van der Waals surface area contributed by atoms with E-state index in [9.17, 15) is 22.4 Å². The van der Waals surface area contributed by atoms with E-state index in [2.05, 4.69) is 9.47 Å². The van der Waals surface area contributed by atoms with Gasteiger partial charge in [-0.05, 0) is 14.1 Å². The number of carbonyl (C=O) groups is 1. The molecule has 0 unspecified atom stereocenters. The standard InChI is InChI=1S/C5H7F3O3.C3H8FN.2CH4/c1-10-2-3-11-4(9)5(6,7)8;1-5(2)3-4;;/h2-3H2,1H3;3H2,1-2H3;2*1H4. The van der Waals surface area contributed by atoms with E-state index >= 15 is 0 Å². The first-order chi connectivity index (χ1) is 7.25. The summed E-state index contributed by atoms with van der Waals surface area (Å²) < 4.78 is 53.2. The van der Waals surface area contributed by atoms with E-state index in [1.807, 2.05) is 0 Å². The number of esters is 1. The lowest BCUT2D eigenvalue weighted by Crippen LogP contribution is -2.26. The fourth-order valence-electron chi connectivity index (χ4n) is 0.300. The predicted octanol–water partition coefficient (Wildman–Crippen LogP) is 2.49. The number of hydrogen-bond acceptors (Lipinski definition) is 4. The largest absolute Gasteiger partial charge is 0.490 e. The summed E-state index contributed by atoms with van der Waals surface area (Å²) >= 11 is 0. The van der Waals surface area contributed by atoms with Crippen molar-refractivity contribution in [1.29, 1.82) is 0 Å². The number of halogens is 4. The number of ether oxygens (including phenoxy) is 2. The van der Waals surface area contributed by atoms with Gasteiger partial charge in [0.15, 0.2) is 0 Å². The summed E-state index contributed by atoms with van der Waals surface area (Å²) in [7, 11) is 4.65. The van der Waals surface area contributed by atoms with Gasteiger partial charge >= 0.3 is 12.1 Å². The Morgan fingerprint density at radius 3 is 1.78 bits per heavy atom. The lowest BCUT2D eigenvalue weighted by molar-refractivity contribution is -0.200. The lowest BCUT2D eigenvalue weighted by Gasteiger charge is -2.05. The Labute approximate surface area is 106 Å². The minimum Gasteiger partial charge on any atom is -0.457 e. The van der Waals surface area contributed by atoms with Crippen LogP contribution in [0, 0.1) is 0 Å². The monoisotopic (exact) mass is 281 g/mol. The molecule has 18 heavy (non-hydrogen) atoms. The average molecular weight is 281 g/mol. The van der Waals surface area contributed by atoms with Crippen LogP contribution in [0.25, 0.3) is 0 Å². The Morgan fingerprint density at radius 1 is 1.17 bits per heavy atom. The van der Waals surface area contributed by atoms with Gasteiger partial charge in [-0.1, -0.05) is 14.9 Å². The second-order valence-electron chi connectivity index (χ2n) is 2.83. The van der Waals surface area contributed by atoms with Crippen molar-refractivity contribution in [2.24, 2.45) is 0 Å². The number of carbonyl (C=O) groups excluding carboxylic acids is 1. The summed E-state index contributed by atoms with van der Waals surface area (Å²) in [6.45, 7) is -0.781. The van der Waals surface area contributed by atoms with Crippen molar-refractivity contribution in [3.63, 3.8) is 0 Å². The van der Waals surface area contributed by atoms with Crippen LogP contribution in [0.5, 0.6) is 0 Å². The summed E-state index contributed by atoms with van der Waals surface area (Å²) in [5, 5.41) is 0. The molecule has 0 N–H and O–H groups in total. The van der Waals surface area contributed by atoms with E-state index in [1.165, 1.54) is 12.0 Å². The highest BCUT2D eigenvalue weighted by Gasteiger charge is 2.40. The molecule has 0 aliphatic rings. The van der Waals surface area contributed by atoms with E-state index in [1.54, 1.807) is 14.1 Å². The normalized spacial score (nSPS) is 9.56. The van der Waals surface area contributed by atoms with Gasteiger partial charge in [-0.2, -0.15) is 13.2 Å². The van der Waals surface area contributed by atoms with Gasteiger partial charge in [0.25, 0.3) is 0 Å². The molecule has 0 aliphatic heterocycles. The van der Waals surface area contributed by atoms with Crippen LogP contribution in [0.15, 0.2) is 0 Å². The third kappa shape index (κ3) is 20.5. The van der Waals surface area contributed by atoms with Crippen molar-refractivity contribution in [3.8, 4) is 0 Å². The lowest BCUT2D eigenvalue weighted by atomic mass is 10.6. The van der Waals surface area contributed by atoms with Crippen molar-refractivity contribution in [1.82, 2.24) is 4.90 Å². The third-order valence-electron chi connectivity index (χ3n) is 0.991. The maximum atomic E-state index is 11.4. The molecule has 0 spiro atoms. The van der Waals surface area contributed by atoms with Gasteiger partial charge in [0.1, 0.15) is 13.4 Å². The number of nitrogens with zero attached hydrogens (tertiary/aromatic N) is 1. The highest BCUT2D eigenvalue weighted by Crippen LogP contribution is 2.15. The van der Waals surface area contributed by atoms with E-state index in [0.717, 1.165) is 0 Å². The Morgan fingerprint density at radius 2 is 1.56 bits per heavy atom. The summed E-state index contributed by atoms with van der Waals surface area (Å²) in [6.07, 6.45) is -4.91. The summed E-state index contributed by atoms with van der Waals surface area (Å²) in [5.41, 5.74) is 0. The van der Waals surface area contributed by atoms with E-state index < -0.39 is 12.1 Å². The smallest absolute Gasteiger partial charge is 0.457 e. The number of hydrogen-bond donors (Lipinski definition) is 0. The van der Waals surface area contributed by atoms with Crippen molar-refractivity contribution < 1.29 is 31.8 Å². The Hall–Kier alpha value is -0.890. The molecule has 0 heterocycles. The maximum absolute atomic E-state index is 11.4. The molecular weight excluding hydrogens is 258 g/mol. The molecule has 0 rings (SSSR count). The Kier molecular flexibility index (Phi) is 20.3. The molecule has 0 amide bonds. The fraction of sp³-hybridized carbons (Fsp3) is 0.900. The SMILES string of the molecule is C.C.CN(C)CF.COCCOC(=O)C(F)(F)F. The summed E-state index contributed by atoms with van der Waals surface area (Å²) in [4.78, 5) is 11.4. The molecule has 0 aliphatic carbocycles. The molecule has 114 valence electrons. The van der Waals surface area contributed by atoms with Crippen LogP contribution in [0.3, 0.4) is 0 Å². The van der Waals surface area contributed by atoms with E-state index in [-0.39, 0.29) is 34.9 Å². The molecule has 4 nitrogen and oxygen atoms in total. The van der Waals surface area contributed by atoms with Gasteiger partial charge in [-0.15, -0.1) is 0 Å². The van der Waals surface area contributed by atoms with Gasteiger partial charge in [-0.3, -0.25) is 4.90 Å². The number of rotatable bonds is 4. The first-order valence-corrected chi connectivity index (χ1v) is 4.19. The molecule has 0 aromatic rings. The summed E-state index contributed by atoms with van der Waals surface area (Å²) in [6, 6.07) is 0. The topological polar surface area (TPSA) is 38.8 Å². The van der Waals surface area contributed by atoms with Crippen LogP contribution in [0.2, 0.25) is 0 Å². The van der Waals surface area contributed by atoms with Crippen LogP contribution < -0.4 is 0 Å². The van der Waals surface area contributed by atoms with Crippen molar-refractivity contribution in [2.75, 3.05) is 41.2 Å². The minimum absolute atomic E-state index is 0. The highest BCUT2D eigenvalue weighted by molar-refractivity contribution is 5.75. The van der Waals surface area contributed by atoms with Crippen LogP contribution >= 0.6 is 0 Å². The second-order valence-corrected chi connectivity index (χ2v) is 2.83. The molecule has 0 fully saturated rings. The number of alkyl halides is 4. The first-order valence-electron chi connectivity index (χ1n) is 4.19. The quantitative estimate of drug-likeness (QED) is 0.343. The second kappa shape index (κ2) is 14.2. The van der Waals surface area contributed by atoms with E-state index in [0.29, 0.717) is 0 Å². The van der Waals surface area contributed by atoms with Gasteiger partial charge in [-0.25, -0.2) is 9.18 Å². The molecule has 0 saturated carbocycles. The van der Waals surface area contributed by atoms with Crippen LogP contribution in [-0.2, 0) is 14.3 Å². The minimum atomic E-state index is -4.91. The van der Waals surface area contributed by atoms with Gasteiger partial charge in [0.05, 0.1) is 6.61 Å². The van der Waals surface area contributed by atoms with Gasteiger partial charge < -0.3 is 9.47 Å². The average Bonchev–Trinajstić information content (AvgIpc) is 2.17. The van der Waals surface area contributed by atoms with Crippen molar-refractivity contribution in [2.45, 2.75) is 21.0 Å². The Bertz CT molecular complexity index is 186. The molecule has 0 bridgehead atoms. The molecule has 8 heteroatoms. The third-order valence-corrected chi connectivity index (χ3v) is 0.991. The first kappa shape index (κ1) is 25.8. The van der Waals surface area contributed by atoms with Crippen molar-refractivity contribution >= 4 is 5.97 Å². The maximum Gasteiger partial charge on any atom is 0.490 e. The zero-order valence-electron chi connectivity index (χ0n) is 9.31. The van der Waals surface area contributed by atoms with E-state index in [4.69, 9.17) is 0 Å². The summed E-state index contributed by atoms with van der Waals surface area (Å²) in [5.74, 6) is -2.19. The molecule has 0 radical (unpaired) electrons. The van der Waals surface area contributed by atoms with Crippen LogP contribution in [0.1, 0.15) is 14.9 Å². The van der Waals surface area contributed by atoms with Crippen molar-refractivity contribution in [3.05, 3.63) is 0 Å². The zero-order valence-corrected chi connectivity index (χ0v) is 9.31. The molecule has 0 saturated heterocycles. The molecule has 0 aromatic heterocycles. The molecular formula is C10H23F4NO3. The van der Waals surface area contributed by atoms with Gasteiger partial charge in [0.2, 0.25) is 0 Å². The molecule has 0 atom stereocenters. The van der Waals surface area contributed by atoms with Crippen LogP contribution in [-0.4, -0.2) is 58.3 Å². The molecule has 0 aromatic carbocycles. The zero-order chi connectivity index (χ0) is 13.2. The number of methoxy groups -OCH3 is 1. The van der Waals surface area contributed by atoms with Gasteiger partial charge in [0, 0.05) is 7.11 Å².